The smallest absolute Gasteiger partial charge is 0.254 e. The van der Waals surface area contributed by atoms with Crippen LogP contribution < -0.4 is 11.1 Å². The van der Waals surface area contributed by atoms with E-state index in [9.17, 15) is 9.59 Å². The Morgan fingerprint density at radius 2 is 1.81 bits per heavy atom. The minimum atomic E-state index is -0.832. The molecule has 0 aliphatic rings. The Labute approximate surface area is 179 Å². The Hall–Kier alpha value is -4.26. The number of imidazole rings is 1. The third-order valence-corrected chi connectivity index (χ3v) is 4.84. The van der Waals surface area contributed by atoms with Crippen molar-refractivity contribution >= 4 is 28.9 Å². The van der Waals surface area contributed by atoms with E-state index in [4.69, 9.17) is 5.73 Å². The standard InChI is InChI=1S/C24H21N5O2/c25-22(30)20(11-4-8-16-6-2-1-3-7-16)28-24(31)18-9-5-10-19-21(18)29-23(27-19)17-12-14-26-15-13-17/h1-10,12-15,20H,11H2,(H2,25,30)(H,27,29)(H,28,31)/b8-4+/t20-/m0/s1. The summed E-state index contributed by atoms with van der Waals surface area (Å²) in [6.07, 6.45) is 7.35. The largest absolute Gasteiger partial charge is 0.368 e. The summed E-state index contributed by atoms with van der Waals surface area (Å²) in [5, 5.41) is 2.73. The number of aromatic nitrogens is 3. The molecule has 0 aliphatic heterocycles. The first-order valence-corrected chi connectivity index (χ1v) is 9.83. The first kappa shape index (κ1) is 20.0. The van der Waals surface area contributed by atoms with Gasteiger partial charge >= 0.3 is 0 Å². The first-order valence-electron chi connectivity index (χ1n) is 9.83. The van der Waals surface area contributed by atoms with Crippen LogP contribution in [0.3, 0.4) is 0 Å². The summed E-state index contributed by atoms with van der Waals surface area (Å²) < 4.78 is 0. The maximum atomic E-state index is 12.9. The lowest BCUT2D eigenvalue weighted by Crippen LogP contribution is -2.44. The number of primary amides is 1. The molecular weight excluding hydrogens is 390 g/mol. The number of hydrogen-bond acceptors (Lipinski definition) is 4. The second kappa shape index (κ2) is 9.04. The first-order chi connectivity index (χ1) is 15.1. The van der Waals surface area contributed by atoms with Gasteiger partial charge in [0.15, 0.2) is 0 Å². The number of benzene rings is 2. The number of nitrogens with one attached hydrogen (secondary N) is 2. The zero-order valence-electron chi connectivity index (χ0n) is 16.7. The van der Waals surface area contributed by atoms with Gasteiger partial charge in [0.2, 0.25) is 5.91 Å². The fourth-order valence-electron chi connectivity index (χ4n) is 3.25. The van der Waals surface area contributed by atoms with Crippen LogP contribution in [0.2, 0.25) is 0 Å². The van der Waals surface area contributed by atoms with Crippen LogP contribution in [0.25, 0.3) is 28.5 Å². The van der Waals surface area contributed by atoms with Gasteiger partial charge in [-0.2, -0.15) is 0 Å². The molecule has 0 bridgehead atoms. The summed E-state index contributed by atoms with van der Waals surface area (Å²) in [5.74, 6) is -0.372. The van der Waals surface area contributed by atoms with Crippen LogP contribution in [-0.4, -0.2) is 32.8 Å². The van der Waals surface area contributed by atoms with Gasteiger partial charge in [-0.05, 0) is 36.2 Å². The quantitative estimate of drug-likeness (QED) is 0.433. The van der Waals surface area contributed by atoms with Crippen molar-refractivity contribution in [2.45, 2.75) is 12.5 Å². The summed E-state index contributed by atoms with van der Waals surface area (Å²) >= 11 is 0. The molecule has 2 aromatic heterocycles. The highest BCUT2D eigenvalue weighted by molar-refractivity contribution is 6.06. The fraction of sp³-hybridized carbons (Fsp3) is 0.0833. The number of carbonyl (C=O) groups is 2. The third-order valence-electron chi connectivity index (χ3n) is 4.84. The van der Waals surface area contributed by atoms with Crippen molar-refractivity contribution in [2.75, 3.05) is 0 Å². The molecule has 1 atom stereocenters. The van der Waals surface area contributed by atoms with E-state index in [0.717, 1.165) is 16.6 Å². The van der Waals surface area contributed by atoms with E-state index in [0.29, 0.717) is 16.9 Å². The van der Waals surface area contributed by atoms with Gasteiger partial charge in [0, 0.05) is 18.0 Å². The third kappa shape index (κ3) is 4.67. The van der Waals surface area contributed by atoms with E-state index in [1.54, 1.807) is 24.5 Å². The molecule has 0 saturated carbocycles. The van der Waals surface area contributed by atoms with Crippen molar-refractivity contribution in [3.8, 4) is 11.4 Å². The molecule has 4 N–H and O–H groups in total. The Morgan fingerprint density at radius 3 is 2.55 bits per heavy atom. The Kier molecular flexibility index (Phi) is 5.84. The molecule has 2 heterocycles. The van der Waals surface area contributed by atoms with Crippen LogP contribution in [0, 0.1) is 0 Å². The predicted octanol–water partition coefficient (Wildman–Crippen LogP) is 3.31. The molecule has 4 aromatic rings. The van der Waals surface area contributed by atoms with Gasteiger partial charge in [-0.25, -0.2) is 4.98 Å². The highest BCUT2D eigenvalue weighted by Crippen LogP contribution is 2.22. The highest BCUT2D eigenvalue weighted by Gasteiger charge is 2.20. The van der Waals surface area contributed by atoms with Crippen molar-refractivity contribution < 1.29 is 9.59 Å². The molecule has 0 saturated heterocycles. The van der Waals surface area contributed by atoms with Crippen molar-refractivity contribution in [1.82, 2.24) is 20.3 Å². The van der Waals surface area contributed by atoms with E-state index in [2.05, 4.69) is 20.3 Å². The molecule has 0 radical (unpaired) electrons. The zero-order valence-corrected chi connectivity index (χ0v) is 16.7. The van der Waals surface area contributed by atoms with Gasteiger partial charge in [0.1, 0.15) is 17.4 Å². The van der Waals surface area contributed by atoms with E-state index < -0.39 is 17.9 Å². The van der Waals surface area contributed by atoms with Gasteiger partial charge in [0.25, 0.3) is 5.91 Å². The number of aromatic amines is 1. The van der Waals surface area contributed by atoms with Gasteiger partial charge < -0.3 is 16.0 Å². The van der Waals surface area contributed by atoms with Gasteiger partial charge in [-0.3, -0.25) is 14.6 Å². The number of nitrogens with zero attached hydrogens (tertiary/aromatic N) is 2. The lowest BCUT2D eigenvalue weighted by molar-refractivity contribution is -0.119. The average Bonchev–Trinajstić information content (AvgIpc) is 3.24. The fourth-order valence-corrected chi connectivity index (χ4v) is 3.25. The van der Waals surface area contributed by atoms with Crippen LogP contribution >= 0.6 is 0 Å². The van der Waals surface area contributed by atoms with Gasteiger partial charge in [-0.15, -0.1) is 0 Å². The summed E-state index contributed by atoms with van der Waals surface area (Å²) in [5.41, 5.74) is 8.99. The van der Waals surface area contributed by atoms with Crippen molar-refractivity contribution in [3.63, 3.8) is 0 Å². The lowest BCUT2D eigenvalue weighted by atomic mass is 10.1. The van der Waals surface area contributed by atoms with Crippen LogP contribution in [0.4, 0.5) is 0 Å². The number of H-pyrrole nitrogens is 1. The minimum Gasteiger partial charge on any atom is -0.368 e. The van der Waals surface area contributed by atoms with Crippen molar-refractivity contribution in [1.29, 1.82) is 0 Å². The maximum absolute atomic E-state index is 12.9. The monoisotopic (exact) mass is 411 g/mol. The summed E-state index contributed by atoms with van der Waals surface area (Å²) in [6.45, 7) is 0. The Bertz CT molecular complexity index is 1230. The molecular formula is C24H21N5O2. The van der Waals surface area contributed by atoms with Crippen molar-refractivity contribution in [2.24, 2.45) is 5.73 Å². The number of nitrogens with two attached hydrogens (primary N) is 1. The SMILES string of the molecule is NC(=O)[C@H](C/C=C/c1ccccc1)NC(=O)c1cccc2[nH]c(-c3ccncc3)nc12. The van der Waals surface area contributed by atoms with Gasteiger partial charge in [-0.1, -0.05) is 48.6 Å². The molecule has 0 spiro atoms. The van der Waals surface area contributed by atoms with Gasteiger partial charge in [0.05, 0.1) is 11.1 Å². The number of amides is 2. The maximum Gasteiger partial charge on any atom is 0.254 e. The summed E-state index contributed by atoms with van der Waals surface area (Å²) in [4.78, 5) is 36.7. The van der Waals surface area contributed by atoms with E-state index in [1.807, 2.05) is 60.7 Å². The molecule has 31 heavy (non-hydrogen) atoms. The zero-order chi connectivity index (χ0) is 21.6. The second-order valence-electron chi connectivity index (χ2n) is 7.00. The number of para-hydroxylation sites is 1. The second-order valence-corrected chi connectivity index (χ2v) is 7.00. The van der Waals surface area contributed by atoms with Crippen LogP contribution in [-0.2, 0) is 4.79 Å². The molecule has 0 fully saturated rings. The molecule has 7 nitrogen and oxygen atoms in total. The predicted molar refractivity (Wildman–Crippen MR) is 120 cm³/mol. The van der Waals surface area contributed by atoms with E-state index in [-0.39, 0.29) is 6.42 Å². The lowest BCUT2D eigenvalue weighted by Gasteiger charge is -2.14. The normalized spacial score (nSPS) is 12.1. The molecule has 4 rings (SSSR count). The van der Waals surface area contributed by atoms with Crippen molar-refractivity contribution in [3.05, 3.63) is 90.3 Å². The van der Waals surface area contributed by atoms with Crippen LogP contribution in [0.15, 0.2) is 79.1 Å². The average molecular weight is 411 g/mol. The Balaban J connectivity index is 1.54. The molecule has 2 amide bonds. The highest BCUT2D eigenvalue weighted by atomic mass is 16.2. The van der Waals surface area contributed by atoms with Crippen LogP contribution in [0.5, 0.6) is 0 Å². The Morgan fingerprint density at radius 1 is 1.03 bits per heavy atom. The molecule has 0 unspecified atom stereocenters. The molecule has 154 valence electrons. The minimum absolute atomic E-state index is 0.286. The summed E-state index contributed by atoms with van der Waals surface area (Å²) in [6, 6.07) is 17.8. The number of rotatable bonds is 7. The number of pyridine rings is 1. The van der Waals surface area contributed by atoms with E-state index >= 15 is 0 Å². The summed E-state index contributed by atoms with van der Waals surface area (Å²) in [7, 11) is 0. The van der Waals surface area contributed by atoms with E-state index in [1.165, 1.54) is 0 Å². The number of carbonyl (C=O) groups excluding carboxylic acids is 2. The molecule has 7 heteroatoms. The molecule has 2 aromatic carbocycles. The number of hydrogen-bond donors (Lipinski definition) is 3. The van der Waals surface area contributed by atoms with Crippen LogP contribution in [0.1, 0.15) is 22.3 Å². The number of fused-ring (bicyclic) bond motifs is 1. The topological polar surface area (TPSA) is 114 Å². The molecule has 0 aliphatic carbocycles.